The summed E-state index contributed by atoms with van der Waals surface area (Å²) in [7, 11) is 0. The molecule has 0 saturated heterocycles. The summed E-state index contributed by atoms with van der Waals surface area (Å²) in [6.07, 6.45) is 4.91. The Balaban J connectivity index is 2.02. The zero-order valence-corrected chi connectivity index (χ0v) is 10.00. The van der Waals surface area contributed by atoms with Gasteiger partial charge in [-0.2, -0.15) is 0 Å². The predicted molar refractivity (Wildman–Crippen MR) is 70.7 cm³/mol. The van der Waals surface area contributed by atoms with Crippen LogP contribution in [-0.4, -0.2) is 26.0 Å². The van der Waals surface area contributed by atoms with Gasteiger partial charge in [0.05, 0.1) is 11.9 Å². The van der Waals surface area contributed by atoms with Crippen molar-refractivity contribution in [3.05, 3.63) is 48.4 Å². The minimum Gasteiger partial charge on any atom is -0.481 e. The van der Waals surface area contributed by atoms with Crippen molar-refractivity contribution in [2.45, 2.75) is 6.42 Å². The molecule has 19 heavy (non-hydrogen) atoms. The summed E-state index contributed by atoms with van der Waals surface area (Å²) in [5.41, 5.74) is 2.48. The molecule has 0 radical (unpaired) electrons. The van der Waals surface area contributed by atoms with Crippen molar-refractivity contribution in [3.63, 3.8) is 0 Å². The van der Waals surface area contributed by atoms with E-state index in [9.17, 15) is 4.79 Å². The lowest BCUT2D eigenvalue weighted by atomic mass is 10.1. The third kappa shape index (κ3) is 2.18. The van der Waals surface area contributed by atoms with Gasteiger partial charge in [-0.05, 0) is 17.7 Å². The molecule has 3 aromatic rings. The molecule has 0 aliphatic rings. The van der Waals surface area contributed by atoms with Crippen LogP contribution in [0.2, 0.25) is 0 Å². The smallest absolute Gasteiger partial charge is 0.307 e. The third-order valence-electron chi connectivity index (χ3n) is 2.89. The molecule has 0 unspecified atom stereocenters. The third-order valence-corrected chi connectivity index (χ3v) is 2.89. The molecule has 94 valence electrons. The molecular weight excluding hydrogens is 242 g/mol. The van der Waals surface area contributed by atoms with Crippen LogP contribution < -0.4 is 0 Å². The number of aromatic nitrogens is 3. The van der Waals surface area contributed by atoms with E-state index in [-0.39, 0.29) is 6.42 Å². The van der Waals surface area contributed by atoms with Crippen LogP contribution in [0.25, 0.3) is 22.3 Å². The number of rotatable bonds is 3. The van der Waals surface area contributed by atoms with Crippen LogP contribution in [0.5, 0.6) is 0 Å². The van der Waals surface area contributed by atoms with Crippen molar-refractivity contribution < 1.29 is 9.90 Å². The second-order valence-corrected chi connectivity index (χ2v) is 4.23. The lowest BCUT2D eigenvalue weighted by Gasteiger charge is -2.03. The highest BCUT2D eigenvalue weighted by Crippen LogP contribution is 2.24. The van der Waals surface area contributed by atoms with Gasteiger partial charge in [0.1, 0.15) is 0 Å². The highest BCUT2D eigenvalue weighted by molar-refractivity contribution is 5.92. The van der Waals surface area contributed by atoms with Gasteiger partial charge >= 0.3 is 5.97 Å². The lowest BCUT2D eigenvalue weighted by Crippen LogP contribution is -2.01. The average molecular weight is 253 g/mol. The monoisotopic (exact) mass is 253 g/mol. The molecule has 0 bridgehead atoms. The maximum Gasteiger partial charge on any atom is 0.307 e. The number of hydrogen-bond donors (Lipinski definition) is 2. The first-order valence-corrected chi connectivity index (χ1v) is 5.83. The second-order valence-electron chi connectivity index (χ2n) is 4.23. The largest absolute Gasteiger partial charge is 0.481 e. The van der Waals surface area contributed by atoms with Crippen molar-refractivity contribution in [2.24, 2.45) is 0 Å². The molecule has 0 spiro atoms. The van der Waals surface area contributed by atoms with Crippen LogP contribution in [0, 0.1) is 0 Å². The van der Waals surface area contributed by atoms with E-state index in [2.05, 4.69) is 15.0 Å². The Kier molecular flexibility index (Phi) is 2.72. The van der Waals surface area contributed by atoms with E-state index in [1.54, 1.807) is 12.4 Å². The van der Waals surface area contributed by atoms with E-state index in [0.717, 1.165) is 16.5 Å². The number of nitrogens with zero attached hydrogens (tertiary/aromatic N) is 2. The molecule has 1 aromatic carbocycles. The van der Waals surface area contributed by atoms with Gasteiger partial charge in [-0.15, -0.1) is 0 Å². The summed E-state index contributed by atoms with van der Waals surface area (Å²) >= 11 is 0. The SMILES string of the molecule is O=C(O)Cc1cnc(-c2cccc3cc[nH]c23)nc1. The number of carboxylic acid groups (broad SMARTS) is 1. The zero-order chi connectivity index (χ0) is 13.2. The molecule has 5 heteroatoms. The molecule has 3 rings (SSSR count). The van der Waals surface area contributed by atoms with Gasteiger partial charge < -0.3 is 10.1 Å². The van der Waals surface area contributed by atoms with Crippen LogP contribution in [-0.2, 0) is 11.2 Å². The standard InChI is InChI=1S/C14H11N3O2/c18-12(19)6-9-7-16-14(17-8-9)11-3-1-2-10-4-5-15-13(10)11/h1-5,7-8,15H,6H2,(H,18,19). The molecule has 0 fully saturated rings. The van der Waals surface area contributed by atoms with Crippen LogP contribution in [0.4, 0.5) is 0 Å². The van der Waals surface area contributed by atoms with Gasteiger partial charge in [0.2, 0.25) is 0 Å². The van der Waals surface area contributed by atoms with E-state index in [0.29, 0.717) is 11.4 Å². The van der Waals surface area contributed by atoms with Crippen LogP contribution in [0.15, 0.2) is 42.9 Å². The summed E-state index contributed by atoms with van der Waals surface area (Å²) in [5.74, 6) is -0.301. The Labute approximate surface area is 109 Å². The maximum absolute atomic E-state index is 10.6. The normalized spacial score (nSPS) is 10.7. The summed E-state index contributed by atoms with van der Waals surface area (Å²) in [5, 5.41) is 9.80. The molecular formula is C14H11N3O2. The zero-order valence-electron chi connectivity index (χ0n) is 10.00. The predicted octanol–water partition coefficient (Wildman–Crippen LogP) is 2.25. The Morgan fingerprint density at radius 3 is 2.74 bits per heavy atom. The average Bonchev–Trinajstić information content (AvgIpc) is 2.87. The number of benzene rings is 1. The minimum absolute atomic E-state index is 0.0625. The second kappa shape index (κ2) is 4.53. The minimum atomic E-state index is -0.886. The number of hydrogen-bond acceptors (Lipinski definition) is 3. The Hall–Kier alpha value is -2.69. The summed E-state index contributed by atoms with van der Waals surface area (Å²) in [6.45, 7) is 0. The summed E-state index contributed by atoms with van der Waals surface area (Å²) in [6, 6.07) is 7.87. The molecule has 0 aliphatic heterocycles. The fraction of sp³-hybridized carbons (Fsp3) is 0.0714. The lowest BCUT2D eigenvalue weighted by molar-refractivity contribution is -0.136. The van der Waals surface area contributed by atoms with E-state index >= 15 is 0 Å². The highest BCUT2D eigenvalue weighted by Gasteiger charge is 2.08. The van der Waals surface area contributed by atoms with E-state index in [1.807, 2.05) is 30.5 Å². The Morgan fingerprint density at radius 1 is 1.21 bits per heavy atom. The van der Waals surface area contributed by atoms with Crippen molar-refractivity contribution in [1.29, 1.82) is 0 Å². The molecule has 0 amide bonds. The first kappa shape index (κ1) is 11.4. The van der Waals surface area contributed by atoms with E-state index in [1.165, 1.54) is 0 Å². The first-order valence-electron chi connectivity index (χ1n) is 5.83. The summed E-state index contributed by atoms with van der Waals surface area (Å²) in [4.78, 5) is 22.2. The molecule has 2 heterocycles. The van der Waals surface area contributed by atoms with Gasteiger partial charge in [0, 0.05) is 29.5 Å². The number of carboxylic acids is 1. The van der Waals surface area contributed by atoms with Crippen molar-refractivity contribution in [1.82, 2.24) is 15.0 Å². The number of H-pyrrole nitrogens is 1. The fourth-order valence-corrected chi connectivity index (χ4v) is 2.03. The highest BCUT2D eigenvalue weighted by atomic mass is 16.4. The van der Waals surface area contributed by atoms with Crippen molar-refractivity contribution >= 4 is 16.9 Å². The van der Waals surface area contributed by atoms with Crippen molar-refractivity contribution in [3.8, 4) is 11.4 Å². The van der Waals surface area contributed by atoms with E-state index in [4.69, 9.17) is 5.11 Å². The molecule has 5 nitrogen and oxygen atoms in total. The number of fused-ring (bicyclic) bond motifs is 1. The maximum atomic E-state index is 10.6. The van der Waals surface area contributed by atoms with Gasteiger partial charge in [-0.3, -0.25) is 4.79 Å². The number of carbonyl (C=O) groups is 1. The van der Waals surface area contributed by atoms with Gasteiger partial charge in [-0.1, -0.05) is 12.1 Å². The first-order chi connectivity index (χ1) is 9.24. The summed E-state index contributed by atoms with van der Waals surface area (Å²) < 4.78 is 0. The number of para-hydroxylation sites is 1. The van der Waals surface area contributed by atoms with Crippen LogP contribution in [0.3, 0.4) is 0 Å². The number of aliphatic carboxylic acids is 1. The Bertz CT molecular complexity index is 732. The van der Waals surface area contributed by atoms with Gasteiger partial charge in [0.15, 0.2) is 5.82 Å². The van der Waals surface area contributed by atoms with Gasteiger partial charge in [-0.25, -0.2) is 9.97 Å². The van der Waals surface area contributed by atoms with Crippen LogP contribution in [0.1, 0.15) is 5.56 Å². The number of nitrogens with one attached hydrogen (secondary N) is 1. The number of aromatic amines is 1. The van der Waals surface area contributed by atoms with Crippen molar-refractivity contribution in [2.75, 3.05) is 0 Å². The Morgan fingerprint density at radius 2 is 2.00 bits per heavy atom. The van der Waals surface area contributed by atoms with Crippen LogP contribution >= 0.6 is 0 Å². The molecule has 0 aliphatic carbocycles. The molecule has 2 N–H and O–H groups in total. The van der Waals surface area contributed by atoms with Gasteiger partial charge in [0.25, 0.3) is 0 Å². The topological polar surface area (TPSA) is 78.9 Å². The molecule has 0 saturated carbocycles. The quantitative estimate of drug-likeness (QED) is 0.750. The van der Waals surface area contributed by atoms with E-state index < -0.39 is 5.97 Å². The molecule has 2 aromatic heterocycles. The fourth-order valence-electron chi connectivity index (χ4n) is 2.03. The molecule has 0 atom stereocenters.